The number of rotatable bonds is 3. The molecule has 0 unspecified atom stereocenters. The second-order valence-corrected chi connectivity index (χ2v) is 6.17. The zero-order chi connectivity index (χ0) is 16.1. The van der Waals surface area contributed by atoms with Crippen molar-refractivity contribution in [1.82, 2.24) is 10.3 Å². The van der Waals surface area contributed by atoms with E-state index >= 15 is 0 Å². The van der Waals surface area contributed by atoms with Crippen LogP contribution in [0.5, 0.6) is 0 Å². The van der Waals surface area contributed by atoms with Crippen molar-refractivity contribution in [1.29, 1.82) is 0 Å². The van der Waals surface area contributed by atoms with Crippen LogP contribution in [-0.2, 0) is 4.79 Å². The van der Waals surface area contributed by atoms with Crippen molar-refractivity contribution < 1.29 is 4.79 Å². The topological polar surface area (TPSA) is 62.0 Å². The van der Waals surface area contributed by atoms with Crippen LogP contribution in [-0.4, -0.2) is 16.9 Å². The number of aromatic nitrogens is 1. The standard InChI is InChI=1S/C19H22N2O2/c22-18(20-16-8-3-1-2-4-9-16)12-11-15-13-14-7-5-6-10-17(14)21-19(15)23/h5-7,10-13,16H,1-4,8-9H2,(H,20,22)(H,21,23)/b12-11+. The van der Waals surface area contributed by atoms with Gasteiger partial charge in [-0.05, 0) is 36.4 Å². The molecule has 120 valence electrons. The molecule has 23 heavy (non-hydrogen) atoms. The molecule has 2 aromatic rings. The molecule has 1 aromatic heterocycles. The molecule has 1 fully saturated rings. The minimum Gasteiger partial charge on any atom is -0.350 e. The molecule has 0 radical (unpaired) electrons. The number of para-hydroxylation sites is 1. The van der Waals surface area contributed by atoms with Crippen molar-refractivity contribution >= 4 is 22.9 Å². The zero-order valence-electron chi connectivity index (χ0n) is 13.2. The summed E-state index contributed by atoms with van der Waals surface area (Å²) in [6.07, 6.45) is 10.0. The van der Waals surface area contributed by atoms with Crippen molar-refractivity contribution in [3.8, 4) is 0 Å². The van der Waals surface area contributed by atoms with Gasteiger partial charge in [0.05, 0.1) is 0 Å². The van der Waals surface area contributed by atoms with Crippen LogP contribution in [0.15, 0.2) is 41.2 Å². The maximum atomic E-state index is 12.1. The SMILES string of the molecule is O=C(/C=C/c1cc2ccccc2[nH]c1=O)NC1CCCCCC1. The molecule has 4 nitrogen and oxygen atoms in total. The van der Waals surface area contributed by atoms with Crippen LogP contribution in [0, 0.1) is 0 Å². The highest BCUT2D eigenvalue weighted by molar-refractivity contribution is 5.92. The van der Waals surface area contributed by atoms with Crippen molar-refractivity contribution in [2.75, 3.05) is 0 Å². The van der Waals surface area contributed by atoms with Gasteiger partial charge in [-0.3, -0.25) is 9.59 Å². The van der Waals surface area contributed by atoms with Crippen LogP contribution in [0.25, 0.3) is 17.0 Å². The number of amides is 1. The lowest BCUT2D eigenvalue weighted by Crippen LogP contribution is -2.33. The largest absolute Gasteiger partial charge is 0.350 e. The molecule has 1 aliphatic carbocycles. The number of hydrogen-bond acceptors (Lipinski definition) is 2. The predicted octanol–water partition coefficient (Wildman–Crippen LogP) is 3.38. The smallest absolute Gasteiger partial charge is 0.255 e. The Labute approximate surface area is 135 Å². The molecule has 1 aliphatic rings. The summed E-state index contributed by atoms with van der Waals surface area (Å²) in [5, 5.41) is 4.00. The lowest BCUT2D eigenvalue weighted by Gasteiger charge is -2.14. The van der Waals surface area contributed by atoms with Gasteiger partial charge in [0.1, 0.15) is 0 Å². The van der Waals surface area contributed by atoms with Crippen LogP contribution in [0.2, 0.25) is 0 Å². The molecule has 0 aliphatic heterocycles. The number of carbonyl (C=O) groups is 1. The molecular weight excluding hydrogens is 288 g/mol. The first kappa shape index (κ1) is 15.5. The second-order valence-electron chi connectivity index (χ2n) is 6.17. The molecule has 0 spiro atoms. The molecule has 2 N–H and O–H groups in total. The Hall–Kier alpha value is -2.36. The summed E-state index contributed by atoms with van der Waals surface area (Å²) in [6, 6.07) is 9.69. The van der Waals surface area contributed by atoms with E-state index < -0.39 is 0 Å². The molecule has 1 saturated carbocycles. The number of hydrogen-bond donors (Lipinski definition) is 2. The highest BCUT2D eigenvalue weighted by Crippen LogP contribution is 2.17. The second kappa shape index (κ2) is 7.27. The Morgan fingerprint density at radius 1 is 1.13 bits per heavy atom. The Balaban J connectivity index is 1.70. The Bertz CT molecular complexity index is 768. The van der Waals surface area contributed by atoms with Gasteiger partial charge < -0.3 is 10.3 Å². The number of aromatic amines is 1. The van der Waals surface area contributed by atoms with Gasteiger partial charge in [-0.1, -0.05) is 43.9 Å². The minimum absolute atomic E-state index is 0.121. The third-order valence-electron chi connectivity index (χ3n) is 4.40. The van der Waals surface area contributed by atoms with E-state index in [1.165, 1.54) is 31.8 Å². The number of nitrogens with one attached hydrogen (secondary N) is 2. The molecule has 0 atom stereocenters. The number of carbonyl (C=O) groups excluding carboxylic acids is 1. The third-order valence-corrected chi connectivity index (χ3v) is 4.40. The Morgan fingerprint density at radius 2 is 1.87 bits per heavy atom. The van der Waals surface area contributed by atoms with Gasteiger partial charge in [-0.2, -0.15) is 0 Å². The summed E-state index contributed by atoms with van der Waals surface area (Å²) in [7, 11) is 0. The summed E-state index contributed by atoms with van der Waals surface area (Å²) < 4.78 is 0. The Morgan fingerprint density at radius 3 is 2.65 bits per heavy atom. The number of fused-ring (bicyclic) bond motifs is 1. The maximum Gasteiger partial charge on any atom is 0.255 e. The molecular formula is C19H22N2O2. The van der Waals surface area contributed by atoms with Crippen LogP contribution in [0.4, 0.5) is 0 Å². The van der Waals surface area contributed by atoms with Crippen molar-refractivity contribution in [2.24, 2.45) is 0 Å². The average molecular weight is 310 g/mol. The maximum absolute atomic E-state index is 12.1. The fourth-order valence-corrected chi connectivity index (χ4v) is 3.13. The first-order valence-electron chi connectivity index (χ1n) is 8.33. The highest BCUT2D eigenvalue weighted by Gasteiger charge is 2.13. The molecule has 3 rings (SSSR count). The molecule has 1 aromatic carbocycles. The predicted molar refractivity (Wildman–Crippen MR) is 93.2 cm³/mol. The summed E-state index contributed by atoms with van der Waals surface area (Å²) in [5.41, 5.74) is 1.12. The van der Waals surface area contributed by atoms with Crippen molar-refractivity contribution in [3.63, 3.8) is 0 Å². The van der Waals surface area contributed by atoms with E-state index in [-0.39, 0.29) is 17.5 Å². The first-order chi connectivity index (χ1) is 11.2. The van der Waals surface area contributed by atoms with Gasteiger partial charge >= 0.3 is 0 Å². The van der Waals surface area contributed by atoms with Crippen molar-refractivity contribution in [2.45, 2.75) is 44.6 Å². The summed E-state index contributed by atoms with van der Waals surface area (Å²) in [6.45, 7) is 0. The van der Waals surface area contributed by atoms with Gasteiger partial charge in [-0.25, -0.2) is 0 Å². The van der Waals surface area contributed by atoms with E-state index in [2.05, 4.69) is 10.3 Å². The van der Waals surface area contributed by atoms with E-state index in [1.54, 1.807) is 6.08 Å². The molecule has 1 heterocycles. The minimum atomic E-state index is -0.179. The summed E-state index contributed by atoms with van der Waals surface area (Å²) in [5.74, 6) is -0.121. The Kier molecular flexibility index (Phi) is 4.91. The van der Waals surface area contributed by atoms with E-state index in [9.17, 15) is 9.59 Å². The van der Waals surface area contributed by atoms with E-state index in [0.29, 0.717) is 5.56 Å². The third kappa shape index (κ3) is 4.09. The van der Waals surface area contributed by atoms with Crippen LogP contribution < -0.4 is 10.9 Å². The van der Waals surface area contributed by atoms with Crippen LogP contribution >= 0.6 is 0 Å². The van der Waals surface area contributed by atoms with Gasteiger partial charge in [0, 0.05) is 23.2 Å². The molecule has 4 heteroatoms. The molecule has 0 bridgehead atoms. The van der Waals surface area contributed by atoms with E-state index in [1.807, 2.05) is 30.3 Å². The summed E-state index contributed by atoms with van der Waals surface area (Å²) in [4.78, 5) is 26.9. The zero-order valence-corrected chi connectivity index (χ0v) is 13.2. The normalized spacial score (nSPS) is 16.5. The van der Waals surface area contributed by atoms with E-state index in [0.717, 1.165) is 23.7 Å². The average Bonchev–Trinajstić information content (AvgIpc) is 2.81. The fourth-order valence-electron chi connectivity index (χ4n) is 3.13. The van der Waals surface area contributed by atoms with Gasteiger partial charge in [0.25, 0.3) is 5.56 Å². The molecule has 1 amide bonds. The number of benzene rings is 1. The van der Waals surface area contributed by atoms with Crippen LogP contribution in [0.3, 0.4) is 0 Å². The van der Waals surface area contributed by atoms with Gasteiger partial charge in [0.15, 0.2) is 0 Å². The first-order valence-corrected chi connectivity index (χ1v) is 8.33. The van der Waals surface area contributed by atoms with E-state index in [4.69, 9.17) is 0 Å². The quantitative estimate of drug-likeness (QED) is 0.674. The van der Waals surface area contributed by atoms with Gasteiger partial charge in [0.2, 0.25) is 5.91 Å². The van der Waals surface area contributed by atoms with Crippen molar-refractivity contribution in [3.05, 3.63) is 52.3 Å². The monoisotopic (exact) mass is 310 g/mol. The number of pyridine rings is 1. The van der Waals surface area contributed by atoms with Gasteiger partial charge in [-0.15, -0.1) is 0 Å². The van der Waals surface area contributed by atoms with Crippen LogP contribution in [0.1, 0.15) is 44.1 Å². The molecule has 0 saturated heterocycles. The lowest BCUT2D eigenvalue weighted by molar-refractivity contribution is -0.117. The number of H-pyrrole nitrogens is 1. The lowest BCUT2D eigenvalue weighted by atomic mass is 10.1. The summed E-state index contributed by atoms with van der Waals surface area (Å²) >= 11 is 0. The highest BCUT2D eigenvalue weighted by atomic mass is 16.1. The fraction of sp³-hybridized carbons (Fsp3) is 0.368.